The van der Waals surface area contributed by atoms with Gasteiger partial charge in [-0.2, -0.15) is 0 Å². The van der Waals surface area contributed by atoms with Gasteiger partial charge in [-0.05, 0) is 31.8 Å². The molecule has 90 valence electrons. The molecule has 16 heavy (non-hydrogen) atoms. The molecule has 1 aliphatic heterocycles. The monoisotopic (exact) mass is 223 g/mol. The van der Waals surface area contributed by atoms with Crippen LogP contribution >= 0.6 is 0 Å². The third-order valence-electron chi connectivity index (χ3n) is 3.32. The summed E-state index contributed by atoms with van der Waals surface area (Å²) < 4.78 is 5.42. The van der Waals surface area contributed by atoms with Crippen LogP contribution in [0.3, 0.4) is 0 Å². The van der Waals surface area contributed by atoms with Crippen molar-refractivity contribution in [3.8, 4) is 0 Å². The van der Waals surface area contributed by atoms with Gasteiger partial charge >= 0.3 is 0 Å². The van der Waals surface area contributed by atoms with Gasteiger partial charge in [-0.3, -0.25) is 0 Å². The molecular formula is C12H21N3O. The van der Waals surface area contributed by atoms with E-state index in [-0.39, 0.29) is 0 Å². The number of nitrogens with two attached hydrogens (primary N) is 1. The maximum Gasteiger partial charge on any atom is 0.194 e. The molecule has 1 unspecified atom stereocenters. The highest BCUT2D eigenvalue weighted by molar-refractivity contribution is 4.96. The van der Waals surface area contributed by atoms with Gasteiger partial charge in [0.2, 0.25) is 0 Å². The summed E-state index contributed by atoms with van der Waals surface area (Å²) in [5.74, 6) is 1.54. The molecule has 2 heterocycles. The van der Waals surface area contributed by atoms with E-state index in [2.05, 4.69) is 16.8 Å². The average molecular weight is 223 g/mol. The second-order valence-corrected chi connectivity index (χ2v) is 4.54. The maximum absolute atomic E-state index is 5.51. The van der Waals surface area contributed by atoms with Crippen molar-refractivity contribution in [2.24, 2.45) is 11.7 Å². The highest BCUT2D eigenvalue weighted by atomic mass is 16.3. The van der Waals surface area contributed by atoms with Crippen LogP contribution in [0.15, 0.2) is 10.7 Å². The van der Waals surface area contributed by atoms with Crippen molar-refractivity contribution in [3.05, 3.63) is 17.8 Å². The molecule has 0 amide bonds. The molecule has 2 N–H and O–H groups in total. The fraction of sp³-hybridized carbons (Fsp3) is 0.750. The predicted molar refractivity (Wildman–Crippen MR) is 62.9 cm³/mol. The van der Waals surface area contributed by atoms with Crippen LogP contribution in [-0.4, -0.2) is 29.5 Å². The highest BCUT2D eigenvalue weighted by Gasteiger charge is 2.20. The van der Waals surface area contributed by atoms with Crippen molar-refractivity contribution in [1.29, 1.82) is 0 Å². The largest absolute Gasteiger partial charge is 0.449 e. The minimum absolute atomic E-state index is 0.468. The quantitative estimate of drug-likeness (QED) is 0.838. The molecule has 0 bridgehead atoms. The molecule has 0 aliphatic carbocycles. The first-order chi connectivity index (χ1) is 7.81. The lowest BCUT2D eigenvalue weighted by Crippen LogP contribution is -2.35. The number of oxazole rings is 1. The predicted octanol–water partition coefficient (Wildman–Crippen LogP) is 1.41. The number of piperidine rings is 1. The third kappa shape index (κ3) is 2.83. The van der Waals surface area contributed by atoms with Crippen LogP contribution < -0.4 is 5.73 Å². The smallest absolute Gasteiger partial charge is 0.194 e. The van der Waals surface area contributed by atoms with Crippen molar-refractivity contribution < 1.29 is 4.42 Å². The van der Waals surface area contributed by atoms with Crippen molar-refractivity contribution in [2.75, 3.05) is 19.6 Å². The minimum atomic E-state index is 0.468. The molecule has 4 nitrogen and oxygen atoms in total. The Kier molecular flexibility index (Phi) is 3.96. The summed E-state index contributed by atoms with van der Waals surface area (Å²) in [5, 5.41) is 0. The number of aromatic nitrogens is 1. The molecule has 1 fully saturated rings. The van der Waals surface area contributed by atoms with Crippen molar-refractivity contribution in [1.82, 2.24) is 9.88 Å². The molecule has 0 spiro atoms. The van der Waals surface area contributed by atoms with Crippen molar-refractivity contribution in [3.63, 3.8) is 0 Å². The van der Waals surface area contributed by atoms with E-state index in [1.807, 2.05) is 0 Å². The summed E-state index contributed by atoms with van der Waals surface area (Å²) in [6, 6.07) is 0. The van der Waals surface area contributed by atoms with Crippen LogP contribution in [0.4, 0.5) is 0 Å². The number of hydrogen-bond acceptors (Lipinski definition) is 4. The van der Waals surface area contributed by atoms with Crippen LogP contribution in [0, 0.1) is 5.92 Å². The van der Waals surface area contributed by atoms with Crippen molar-refractivity contribution in [2.45, 2.75) is 32.7 Å². The Morgan fingerprint density at radius 1 is 1.62 bits per heavy atom. The van der Waals surface area contributed by atoms with Crippen LogP contribution in [-0.2, 0) is 13.0 Å². The summed E-state index contributed by atoms with van der Waals surface area (Å²) in [5.41, 5.74) is 6.37. The lowest BCUT2D eigenvalue weighted by Gasteiger charge is -2.31. The fourth-order valence-electron chi connectivity index (χ4n) is 2.39. The van der Waals surface area contributed by atoms with Gasteiger partial charge in [0.1, 0.15) is 6.26 Å². The molecular weight excluding hydrogens is 202 g/mol. The standard InChI is InChI=1S/C12H21N3O/c1-2-15-5-3-4-10(8-15)6-12-14-11(7-13)9-16-12/h9-10H,2-8,13H2,1H3. The van der Waals surface area contributed by atoms with E-state index in [4.69, 9.17) is 10.2 Å². The molecule has 0 aromatic carbocycles. The van der Waals surface area contributed by atoms with Crippen LogP contribution in [0.1, 0.15) is 31.4 Å². The Hall–Kier alpha value is -0.870. The Morgan fingerprint density at radius 3 is 3.19 bits per heavy atom. The molecule has 1 atom stereocenters. The first kappa shape index (κ1) is 11.6. The zero-order valence-electron chi connectivity index (χ0n) is 9.98. The van der Waals surface area contributed by atoms with E-state index < -0.39 is 0 Å². The van der Waals surface area contributed by atoms with Gasteiger partial charge < -0.3 is 15.1 Å². The second-order valence-electron chi connectivity index (χ2n) is 4.54. The Morgan fingerprint density at radius 2 is 2.50 bits per heavy atom. The fourth-order valence-corrected chi connectivity index (χ4v) is 2.39. The van der Waals surface area contributed by atoms with Gasteiger partial charge in [-0.15, -0.1) is 0 Å². The van der Waals surface area contributed by atoms with Crippen LogP contribution in [0.5, 0.6) is 0 Å². The lowest BCUT2D eigenvalue weighted by molar-refractivity contribution is 0.176. The Labute approximate surface area is 96.8 Å². The normalized spacial score (nSPS) is 22.5. The van der Waals surface area contributed by atoms with Crippen LogP contribution in [0.2, 0.25) is 0 Å². The number of rotatable bonds is 4. The van der Waals surface area contributed by atoms with Gasteiger partial charge in [-0.1, -0.05) is 6.92 Å². The van der Waals surface area contributed by atoms with Gasteiger partial charge in [0.05, 0.1) is 5.69 Å². The summed E-state index contributed by atoms with van der Waals surface area (Å²) in [6.07, 6.45) is 5.21. The molecule has 1 aliphatic rings. The number of nitrogens with zero attached hydrogens (tertiary/aromatic N) is 2. The average Bonchev–Trinajstić information content (AvgIpc) is 2.77. The first-order valence-electron chi connectivity index (χ1n) is 6.17. The maximum atomic E-state index is 5.51. The molecule has 1 saturated heterocycles. The van der Waals surface area contributed by atoms with E-state index >= 15 is 0 Å². The van der Waals surface area contributed by atoms with Gasteiger partial charge in [-0.25, -0.2) is 4.98 Å². The van der Waals surface area contributed by atoms with E-state index in [0.29, 0.717) is 12.5 Å². The molecule has 1 aromatic rings. The molecule has 0 radical (unpaired) electrons. The van der Waals surface area contributed by atoms with Gasteiger partial charge in [0.15, 0.2) is 5.89 Å². The molecule has 4 heteroatoms. The summed E-state index contributed by atoms with van der Waals surface area (Å²) in [7, 11) is 0. The zero-order chi connectivity index (χ0) is 11.4. The zero-order valence-corrected chi connectivity index (χ0v) is 9.98. The van der Waals surface area contributed by atoms with Gasteiger partial charge in [0, 0.05) is 19.5 Å². The Balaban J connectivity index is 1.88. The Bertz CT molecular complexity index is 324. The second kappa shape index (κ2) is 5.46. The van der Waals surface area contributed by atoms with Gasteiger partial charge in [0.25, 0.3) is 0 Å². The first-order valence-corrected chi connectivity index (χ1v) is 6.17. The lowest BCUT2D eigenvalue weighted by atomic mass is 9.95. The minimum Gasteiger partial charge on any atom is -0.449 e. The van der Waals surface area contributed by atoms with Crippen LogP contribution in [0.25, 0.3) is 0 Å². The van der Waals surface area contributed by atoms with E-state index in [9.17, 15) is 0 Å². The number of likely N-dealkylation sites (tertiary alicyclic amines) is 1. The summed E-state index contributed by atoms with van der Waals surface area (Å²) in [6.45, 7) is 6.26. The summed E-state index contributed by atoms with van der Waals surface area (Å²) in [4.78, 5) is 6.86. The summed E-state index contributed by atoms with van der Waals surface area (Å²) >= 11 is 0. The molecule has 1 aromatic heterocycles. The molecule has 0 saturated carbocycles. The topological polar surface area (TPSA) is 55.3 Å². The molecule has 2 rings (SSSR count). The third-order valence-corrected chi connectivity index (χ3v) is 3.32. The van der Waals surface area contributed by atoms with E-state index in [1.165, 1.54) is 25.9 Å². The van der Waals surface area contributed by atoms with E-state index in [0.717, 1.165) is 24.6 Å². The number of hydrogen-bond donors (Lipinski definition) is 1. The van der Waals surface area contributed by atoms with Crippen molar-refractivity contribution >= 4 is 0 Å². The van der Waals surface area contributed by atoms with E-state index in [1.54, 1.807) is 6.26 Å². The SMILES string of the molecule is CCN1CCCC(Cc2nc(CN)co2)C1. The highest BCUT2D eigenvalue weighted by Crippen LogP contribution is 2.20.